The van der Waals surface area contributed by atoms with Crippen molar-refractivity contribution in [1.82, 2.24) is 14.9 Å². The highest BCUT2D eigenvalue weighted by atomic mass is 127. The molecule has 0 aliphatic carbocycles. The van der Waals surface area contributed by atoms with E-state index in [1.807, 2.05) is 18.2 Å². The van der Waals surface area contributed by atoms with Gasteiger partial charge >= 0.3 is 0 Å². The van der Waals surface area contributed by atoms with Crippen LogP contribution in [0.2, 0.25) is 0 Å². The maximum Gasteiger partial charge on any atom is 0.211 e. The molecule has 1 aromatic carbocycles. The van der Waals surface area contributed by atoms with Crippen LogP contribution in [-0.4, -0.2) is 56.7 Å². The third-order valence-corrected chi connectivity index (χ3v) is 6.88. The molecule has 3 rings (SSSR count). The SMILES string of the molecule is CCNC(=NCC1CCN(S(C)(=O)=O)CC1)NC1CC(C)(C)Oc2ccccc21.I. The molecule has 1 unspecified atom stereocenters. The molecule has 1 saturated heterocycles. The van der Waals surface area contributed by atoms with Gasteiger partial charge in [0.25, 0.3) is 0 Å². The number of hydrogen-bond acceptors (Lipinski definition) is 4. The lowest BCUT2D eigenvalue weighted by Gasteiger charge is -2.38. The molecule has 30 heavy (non-hydrogen) atoms. The van der Waals surface area contributed by atoms with E-state index in [1.54, 1.807) is 4.31 Å². The first-order valence-corrected chi connectivity index (χ1v) is 12.3. The Labute approximate surface area is 198 Å². The van der Waals surface area contributed by atoms with Crippen molar-refractivity contribution in [3.8, 4) is 5.75 Å². The van der Waals surface area contributed by atoms with E-state index in [2.05, 4.69) is 37.5 Å². The van der Waals surface area contributed by atoms with Crippen LogP contribution in [0.1, 0.15) is 51.6 Å². The lowest BCUT2D eigenvalue weighted by atomic mass is 9.90. The molecule has 2 N–H and O–H groups in total. The number of halogens is 1. The van der Waals surface area contributed by atoms with Crippen LogP contribution in [0.3, 0.4) is 0 Å². The molecule has 0 bridgehead atoms. The van der Waals surface area contributed by atoms with Crippen molar-refractivity contribution < 1.29 is 13.2 Å². The second kappa shape index (κ2) is 10.5. The molecule has 7 nitrogen and oxygen atoms in total. The predicted octanol–water partition coefficient (Wildman–Crippen LogP) is 3.13. The summed E-state index contributed by atoms with van der Waals surface area (Å²) in [7, 11) is -3.09. The molecule has 1 fully saturated rings. The van der Waals surface area contributed by atoms with Gasteiger partial charge in [0.05, 0.1) is 12.3 Å². The predicted molar refractivity (Wildman–Crippen MR) is 132 cm³/mol. The van der Waals surface area contributed by atoms with E-state index in [4.69, 9.17) is 9.73 Å². The van der Waals surface area contributed by atoms with E-state index in [-0.39, 0.29) is 35.6 Å². The summed E-state index contributed by atoms with van der Waals surface area (Å²) in [6.45, 7) is 8.93. The summed E-state index contributed by atoms with van der Waals surface area (Å²) in [6, 6.07) is 8.28. The number of aliphatic imine (C=N–C) groups is 1. The van der Waals surface area contributed by atoms with Gasteiger partial charge in [-0.25, -0.2) is 12.7 Å². The minimum absolute atomic E-state index is 0. The van der Waals surface area contributed by atoms with Gasteiger partial charge < -0.3 is 15.4 Å². The molecule has 9 heteroatoms. The van der Waals surface area contributed by atoms with Gasteiger partial charge in [-0.05, 0) is 45.6 Å². The minimum Gasteiger partial charge on any atom is -0.487 e. The minimum atomic E-state index is -3.09. The van der Waals surface area contributed by atoms with Gasteiger partial charge in [-0.1, -0.05) is 18.2 Å². The summed E-state index contributed by atoms with van der Waals surface area (Å²) in [5, 5.41) is 6.95. The van der Waals surface area contributed by atoms with E-state index < -0.39 is 10.0 Å². The summed E-state index contributed by atoms with van der Waals surface area (Å²) < 4.78 is 31.1. The third kappa shape index (κ3) is 6.71. The Morgan fingerprint density at radius 3 is 2.57 bits per heavy atom. The summed E-state index contributed by atoms with van der Waals surface area (Å²) in [5.74, 6) is 2.13. The van der Waals surface area contributed by atoms with Crippen molar-refractivity contribution in [2.75, 3.05) is 32.4 Å². The van der Waals surface area contributed by atoms with Crippen LogP contribution in [0.4, 0.5) is 0 Å². The number of ether oxygens (including phenoxy) is 1. The average molecular weight is 551 g/mol. The van der Waals surface area contributed by atoms with E-state index >= 15 is 0 Å². The average Bonchev–Trinajstić information content (AvgIpc) is 2.65. The smallest absolute Gasteiger partial charge is 0.211 e. The Morgan fingerprint density at radius 1 is 1.27 bits per heavy atom. The Kier molecular flexibility index (Phi) is 8.81. The fourth-order valence-corrected chi connectivity index (χ4v) is 4.93. The van der Waals surface area contributed by atoms with Gasteiger partial charge in [0.15, 0.2) is 5.96 Å². The Hall–Kier alpha value is -1.07. The zero-order valence-corrected chi connectivity index (χ0v) is 21.5. The maximum absolute atomic E-state index is 11.7. The van der Waals surface area contributed by atoms with Crippen molar-refractivity contribution in [2.45, 2.75) is 51.7 Å². The quantitative estimate of drug-likeness (QED) is 0.335. The molecule has 2 aliphatic heterocycles. The van der Waals surface area contributed by atoms with Crippen LogP contribution in [0.15, 0.2) is 29.3 Å². The van der Waals surface area contributed by atoms with Gasteiger partial charge in [-0.15, -0.1) is 24.0 Å². The number of hydrogen-bond donors (Lipinski definition) is 2. The summed E-state index contributed by atoms with van der Waals surface area (Å²) >= 11 is 0. The van der Waals surface area contributed by atoms with Crippen molar-refractivity contribution in [3.63, 3.8) is 0 Å². The lowest BCUT2D eigenvalue weighted by Crippen LogP contribution is -2.45. The summed E-state index contributed by atoms with van der Waals surface area (Å²) in [4.78, 5) is 4.82. The van der Waals surface area contributed by atoms with Gasteiger partial charge in [0.1, 0.15) is 11.4 Å². The van der Waals surface area contributed by atoms with Crippen LogP contribution in [0.5, 0.6) is 5.75 Å². The highest BCUT2D eigenvalue weighted by molar-refractivity contribution is 14.0. The highest BCUT2D eigenvalue weighted by Gasteiger charge is 2.34. The van der Waals surface area contributed by atoms with E-state index in [0.717, 1.165) is 43.1 Å². The zero-order chi connectivity index (χ0) is 21.1. The standard InChI is InChI=1S/C21H34N4O3S.HI/c1-5-22-20(23-15-16-10-12-25(13-11-16)29(4,26)27)24-18-14-21(2,3)28-19-9-7-6-8-17(18)19;/h6-9,16,18H,5,10-15H2,1-4H3,(H2,22,23,24);1H. The van der Waals surface area contributed by atoms with Gasteiger partial charge in [-0.2, -0.15) is 0 Å². The number of sulfonamides is 1. The third-order valence-electron chi connectivity index (χ3n) is 5.58. The van der Waals surface area contributed by atoms with Crippen LogP contribution in [0.25, 0.3) is 0 Å². The molecule has 2 heterocycles. The van der Waals surface area contributed by atoms with E-state index in [1.165, 1.54) is 6.26 Å². The highest BCUT2D eigenvalue weighted by Crippen LogP contribution is 2.39. The molecule has 170 valence electrons. The number of para-hydroxylation sites is 1. The monoisotopic (exact) mass is 550 g/mol. The van der Waals surface area contributed by atoms with Gasteiger partial charge in [0.2, 0.25) is 10.0 Å². The van der Waals surface area contributed by atoms with Gasteiger partial charge in [0, 0.05) is 38.2 Å². The zero-order valence-electron chi connectivity index (χ0n) is 18.3. The molecule has 0 spiro atoms. The number of benzene rings is 1. The number of rotatable bonds is 5. The van der Waals surface area contributed by atoms with Crippen molar-refractivity contribution in [2.24, 2.45) is 10.9 Å². The molecule has 0 radical (unpaired) electrons. The Bertz CT molecular complexity index is 836. The Balaban J connectivity index is 0.00000320. The van der Waals surface area contributed by atoms with Crippen molar-refractivity contribution in [3.05, 3.63) is 29.8 Å². The van der Waals surface area contributed by atoms with Crippen LogP contribution < -0.4 is 15.4 Å². The molecule has 0 saturated carbocycles. The van der Waals surface area contributed by atoms with E-state index in [0.29, 0.717) is 25.6 Å². The summed E-state index contributed by atoms with van der Waals surface area (Å²) in [5.41, 5.74) is 0.904. The molecule has 0 aromatic heterocycles. The van der Waals surface area contributed by atoms with Crippen molar-refractivity contribution >= 4 is 40.0 Å². The topological polar surface area (TPSA) is 83.0 Å². The molecule has 0 amide bonds. The second-order valence-electron chi connectivity index (χ2n) is 8.63. The number of guanidine groups is 1. The second-order valence-corrected chi connectivity index (χ2v) is 10.6. The molecular formula is C21H35IN4O3S. The number of nitrogens with one attached hydrogen (secondary N) is 2. The first-order chi connectivity index (χ1) is 13.7. The first kappa shape index (κ1) is 25.2. The number of piperidine rings is 1. The lowest BCUT2D eigenvalue weighted by molar-refractivity contribution is 0.0694. The van der Waals surface area contributed by atoms with Crippen LogP contribution in [-0.2, 0) is 10.0 Å². The van der Waals surface area contributed by atoms with Crippen LogP contribution >= 0.6 is 24.0 Å². The molecule has 2 aliphatic rings. The number of fused-ring (bicyclic) bond motifs is 1. The van der Waals surface area contributed by atoms with Crippen molar-refractivity contribution in [1.29, 1.82) is 0 Å². The number of nitrogens with zero attached hydrogens (tertiary/aromatic N) is 2. The molecule has 1 atom stereocenters. The van der Waals surface area contributed by atoms with Crippen LogP contribution in [0, 0.1) is 5.92 Å². The Morgan fingerprint density at radius 2 is 1.93 bits per heavy atom. The largest absolute Gasteiger partial charge is 0.487 e. The fourth-order valence-electron chi connectivity index (χ4n) is 4.06. The molecule has 1 aromatic rings. The summed E-state index contributed by atoms with van der Waals surface area (Å²) in [6.07, 6.45) is 3.83. The normalized spacial score (nSPS) is 22.4. The maximum atomic E-state index is 11.7. The fraction of sp³-hybridized carbons (Fsp3) is 0.667. The molecular weight excluding hydrogens is 515 g/mol. The first-order valence-electron chi connectivity index (χ1n) is 10.5. The van der Waals surface area contributed by atoms with E-state index in [9.17, 15) is 8.42 Å². The van der Waals surface area contributed by atoms with Gasteiger partial charge in [-0.3, -0.25) is 4.99 Å².